The van der Waals surface area contributed by atoms with Gasteiger partial charge < -0.3 is 15.0 Å². The van der Waals surface area contributed by atoms with Crippen molar-refractivity contribution in [1.82, 2.24) is 0 Å². The third-order valence-electron chi connectivity index (χ3n) is 4.87. The van der Waals surface area contributed by atoms with Crippen LogP contribution >= 0.6 is 15.9 Å². The second-order valence-corrected chi connectivity index (χ2v) is 7.97. The highest BCUT2D eigenvalue weighted by Gasteiger charge is 2.36. The fourth-order valence-electron chi connectivity index (χ4n) is 3.26. The molecule has 1 fully saturated rings. The van der Waals surface area contributed by atoms with Gasteiger partial charge in [-0.3, -0.25) is 14.4 Å². The highest BCUT2D eigenvalue weighted by molar-refractivity contribution is 9.10. The van der Waals surface area contributed by atoms with E-state index in [1.807, 2.05) is 50.2 Å². The first kappa shape index (κ1) is 21.0. The lowest BCUT2D eigenvalue weighted by Crippen LogP contribution is -2.28. The van der Waals surface area contributed by atoms with Gasteiger partial charge in [0.05, 0.1) is 5.92 Å². The van der Waals surface area contributed by atoms with Crippen molar-refractivity contribution in [3.8, 4) is 0 Å². The Morgan fingerprint density at radius 2 is 1.93 bits per heavy atom. The molecule has 1 heterocycles. The fourth-order valence-corrected chi connectivity index (χ4v) is 3.67. The van der Waals surface area contributed by atoms with Crippen molar-refractivity contribution in [2.75, 3.05) is 23.4 Å². The zero-order valence-electron chi connectivity index (χ0n) is 16.4. The average Bonchev–Trinajstić information content (AvgIpc) is 3.09. The SMILES string of the molecule is CCc1cc(Br)ccc1NC(=O)COC(=O)[C@H]1CC(=O)N(c2ccc(C)cc2)C1. The molecule has 6 nitrogen and oxygen atoms in total. The summed E-state index contributed by atoms with van der Waals surface area (Å²) in [7, 11) is 0. The molecule has 0 bridgehead atoms. The largest absolute Gasteiger partial charge is 0.455 e. The van der Waals surface area contributed by atoms with E-state index in [1.165, 1.54) is 0 Å². The van der Waals surface area contributed by atoms with Crippen molar-refractivity contribution in [1.29, 1.82) is 0 Å². The minimum absolute atomic E-state index is 0.0843. The minimum Gasteiger partial charge on any atom is -0.455 e. The number of ether oxygens (including phenoxy) is 1. The van der Waals surface area contributed by atoms with Crippen LogP contribution in [-0.4, -0.2) is 30.9 Å². The Bertz CT molecular complexity index is 927. The Morgan fingerprint density at radius 1 is 1.21 bits per heavy atom. The van der Waals surface area contributed by atoms with Crippen LogP contribution in [0.4, 0.5) is 11.4 Å². The summed E-state index contributed by atoms with van der Waals surface area (Å²) in [5.74, 6) is -1.64. The van der Waals surface area contributed by atoms with Crippen molar-refractivity contribution >= 4 is 45.1 Å². The lowest BCUT2D eigenvalue weighted by Gasteiger charge is -2.16. The fraction of sp³-hybridized carbons (Fsp3) is 0.318. The molecule has 0 aliphatic carbocycles. The first-order valence-electron chi connectivity index (χ1n) is 9.49. The van der Waals surface area contributed by atoms with Crippen LogP contribution in [0.5, 0.6) is 0 Å². The maximum atomic E-state index is 12.4. The van der Waals surface area contributed by atoms with Crippen molar-refractivity contribution in [3.63, 3.8) is 0 Å². The van der Waals surface area contributed by atoms with E-state index in [0.29, 0.717) is 5.69 Å². The zero-order valence-corrected chi connectivity index (χ0v) is 18.0. The molecule has 1 N–H and O–H groups in total. The molecule has 2 amide bonds. The van der Waals surface area contributed by atoms with Gasteiger partial charge in [0.25, 0.3) is 5.91 Å². The number of halogens is 1. The van der Waals surface area contributed by atoms with Gasteiger partial charge in [0.15, 0.2) is 6.61 Å². The molecule has 3 rings (SSSR count). The van der Waals surface area contributed by atoms with E-state index in [2.05, 4.69) is 21.2 Å². The average molecular weight is 459 g/mol. The van der Waals surface area contributed by atoms with E-state index in [4.69, 9.17) is 4.74 Å². The number of aryl methyl sites for hydroxylation is 2. The summed E-state index contributed by atoms with van der Waals surface area (Å²) in [6.45, 7) is 3.84. The summed E-state index contributed by atoms with van der Waals surface area (Å²) in [6, 6.07) is 13.1. The first-order chi connectivity index (χ1) is 13.9. The van der Waals surface area contributed by atoms with Crippen molar-refractivity contribution in [2.24, 2.45) is 5.92 Å². The molecular formula is C22H23BrN2O4. The van der Waals surface area contributed by atoms with Gasteiger partial charge in [-0.2, -0.15) is 0 Å². The van der Waals surface area contributed by atoms with Gasteiger partial charge in [0.1, 0.15) is 0 Å². The minimum atomic E-state index is -0.574. The number of amides is 2. The Kier molecular flexibility index (Phi) is 6.69. The highest BCUT2D eigenvalue weighted by Crippen LogP contribution is 2.26. The maximum Gasteiger partial charge on any atom is 0.311 e. The molecule has 7 heteroatoms. The van der Waals surface area contributed by atoms with Crippen LogP contribution in [0.2, 0.25) is 0 Å². The Morgan fingerprint density at radius 3 is 2.62 bits per heavy atom. The van der Waals surface area contributed by atoms with E-state index in [-0.39, 0.29) is 25.5 Å². The zero-order chi connectivity index (χ0) is 21.0. The van der Waals surface area contributed by atoms with Crippen LogP contribution in [0.3, 0.4) is 0 Å². The summed E-state index contributed by atoms with van der Waals surface area (Å²) in [5.41, 5.74) is 3.53. The Balaban J connectivity index is 1.54. The maximum absolute atomic E-state index is 12.4. The molecule has 2 aromatic rings. The van der Waals surface area contributed by atoms with Crippen molar-refractivity contribution < 1.29 is 19.1 Å². The van der Waals surface area contributed by atoms with Gasteiger partial charge in [-0.1, -0.05) is 40.5 Å². The van der Waals surface area contributed by atoms with Crippen LogP contribution in [0.15, 0.2) is 46.9 Å². The monoisotopic (exact) mass is 458 g/mol. The third-order valence-corrected chi connectivity index (χ3v) is 5.37. The number of carbonyl (C=O) groups is 3. The first-order valence-corrected chi connectivity index (χ1v) is 10.3. The van der Waals surface area contributed by atoms with Gasteiger partial charge in [-0.25, -0.2) is 0 Å². The van der Waals surface area contributed by atoms with Crippen LogP contribution in [0.25, 0.3) is 0 Å². The molecule has 0 aromatic heterocycles. The molecule has 0 saturated carbocycles. The number of benzene rings is 2. The topological polar surface area (TPSA) is 75.7 Å². The third kappa shape index (κ3) is 5.23. The second-order valence-electron chi connectivity index (χ2n) is 7.05. The van der Waals surface area contributed by atoms with Crippen LogP contribution in [0.1, 0.15) is 24.5 Å². The second kappa shape index (κ2) is 9.22. The van der Waals surface area contributed by atoms with Crippen molar-refractivity contribution in [2.45, 2.75) is 26.7 Å². The number of hydrogen-bond acceptors (Lipinski definition) is 4. The molecule has 0 unspecified atom stereocenters. The molecule has 0 spiro atoms. The quantitative estimate of drug-likeness (QED) is 0.666. The Hall–Kier alpha value is -2.67. The van der Waals surface area contributed by atoms with Gasteiger partial charge in [0.2, 0.25) is 5.91 Å². The van der Waals surface area contributed by atoms with Gasteiger partial charge in [-0.15, -0.1) is 0 Å². The van der Waals surface area contributed by atoms with Gasteiger partial charge in [0, 0.05) is 28.8 Å². The van der Waals surface area contributed by atoms with Crippen LogP contribution in [0, 0.1) is 12.8 Å². The summed E-state index contributed by atoms with van der Waals surface area (Å²) < 4.78 is 6.10. The van der Waals surface area contributed by atoms with E-state index >= 15 is 0 Å². The standard InChI is InChI=1S/C22H23BrN2O4/c1-3-15-10-17(23)6-9-19(15)24-20(26)13-29-22(28)16-11-21(27)25(12-16)18-7-4-14(2)5-8-18/h4-10,16H,3,11-13H2,1-2H3,(H,24,26)/t16-/m0/s1. The summed E-state index contributed by atoms with van der Waals surface area (Å²) in [5, 5.41) is 2.77. The normalized spacial score (nSPS) is 16.0. The molecular weight excluding hydrogens is 436 g/mol. The number of hydrogen-bond donors (Lipinski definition) is 1. The van der Waals surface area contributed by atoms with Gasteiger partial charge >= 0.3 is 5.97 Å². The number of nitrogens with one attached hydrogen (secondary N) is 1. The Labute approximate surface area is 178 Å². The molecule has 1 atom stereocenters. The predicted molar refractivity (Wildman–Crippen MR) is 115 cm³/mol. The van der Waals surface area contributed by atoms with E-state index < -0.39 is 17.8 Å². The number of rotatable bonds is 6. The summed E-state index contributed by atoms with van der Waals surface area (Å²) in [6.07, 6.45) is 0.842. The van der Waals surface area contributed by atoms with E-state index in [0.717, 1.165) is 27.7 Å². The molecule has 1 aliphatic rings. The van der Waals surface area contributed by atoms with Crippen LogP contribution in [-0.2, 0) is 25.5 Å². The molecule has 1 saturated heterocycles. The van der Waals surface area contributed by atoms with E-state index in [1.54, 1.807) is 11.0 Å². The van der Waals surface area contributed by atoms with E-state index in [9.17, 15) is 14.4 Å². The smallest absolute Gasteiger partial charge is 0.311 e. The predicted octanol–water partition coefficient (Wildman–Crippen LogP) is 3.85. The van der Waals surface area contributed by atoms with Crippen LogP contribution < -0.4 is 10.2 Å². The molecule has 152 valence electrons. The number of carbonyl (C=O) groups excluding carboxylic acids is 3. The number of esters is 1. The summed E-state index contributed by atoms with van der Waals surface area (Å²) >= 11 is 3.41. The highest BCUT2D eigenvalue weighted by atomic mass is 79.9. The molecule has 1 aliphatic heterocycles. The number of nitrogens with zero attached hydrogens (tertiary/aromatic N) is 1. The van der Waals surface area contributed by atoms with Crippen molar-refractivity contribution in [3.05, 3.63) is 58.1 Å². The molecule has 0 radical (unpaired) electrons. The molecule has 29 heavy (non-hydrogen) atoms. The lowest BCUT2D eigenvalue weighted by atomic mass is 10.1. The number of anilines is 2. The molecule has 2 aromatic carbocycles. The van der Waals surface area contributed by atoms with Gasteiger partial charge in [-0.05, 0) is 49.2 Å². The lowest BCUT2D eigenvalue weighted by molar-refractivity contribution is -0.151. The summed E-state index contributed by atoms with van der Waals surface area (Å²) in [4.78, 5) is 38.4.